The van der Waals surface area contributed by atoms with Gasteiger partial charge in [0.25, 0.3) is 11.5 Å². The molecule has 3 rings (SSSR count). The summed E-state index contributed by atoms with van der Waals surface area (Å²) in [5.41, 5.74) is 5.92. The first-order valence-corrected chi connectivity index (χ1v) is 9.26. The molecule has 0 spiro atoms. The molecule has 0 saturated heterocycles. The molecule has 1 heterocycles. The number of hydrogen-bond donors (Lipinski definition) is 2. The van der Waals surface area contributed by atoms with Crippen LogP contribution in [0.5, 0.6) is 11.5 Å². The molecule has 28 heavy (non-hydrogen) atoms. The molecule has 0 unspecified atom stereocenters. The molecule has 9 heteroatoms. The van der Waals surface area contributed by atoms with Crippen molar-refractivity contribution >= 4 is 38.7 Å². The van der Waals surface area contributed by atoms with E-state index in [1.807, 2.05) is 6.92 Å². The Balaban J connectivity index is 1.94. The minimum atomic E-state index is -0.471. The van der Waals surface area contributed by atoms with Gasteiger partial charge in [-0.05, 0) is 47.1 Å². The lowest BCUT2D eigenvalue weighted by Gasteiger charge is -2.16. The highest BCUT2D eigenvalue weighted by Gasteiger charge is 2.18. The van der Waals surface area contributed by atoms with Crippen molar-refractivity contribution in [3.63, 3.8) is 0 Å². The lowest BCUT2D eigenvalue weighted by Crippen LogP contribution is -2.34. The molecule has 0 aliphatic rings. The van der Waals surface area contributed by atoms with E-state index in [0.717, 1.165) is 0 Å². The largest absolute Gasteiger partial charge is 0.497 e. The van der Waals surface area contributed by atoms with E-state index in [4.69, 9.17) is 9.47 Å². The van der Waals surface area contributed by atoms with Gasteiger partial charge in [0, 0.05) is 6.54 Å². The van der Waals surface area contributed by atoms with Crippen molar-refractivity contribution in [1.82, 2.24) is 15.0 Å². The second kappa shape index (κ2) is 8.30. The third kappa shape index (κ3) is 3.65. The SMILES string of the molecule is CCn1c(NNC(=O)c2cc(OC)cc(Br)c2OC)nc2ccccc2c1=O. The highest BCUT2D eigenvalue weighted by molar-refractivity contribution is 9.10. The summed E-state index contributed by atoms with van der Waals surface area (Å²) in [6, 6.07) is 10.3. The zero-order chi connectivity index (χ0) is 20.3. The summed E-state index contributed by atoms with van der Waals surface area (Å²) in [4.78, 5) is 29.8. The first-order chi connectivity index (χ1) is 13.5. The van der Waals surface area contributed by atoms with Gasteiger partial charge in [-0.25, -0.2) is 4.98 Å². The molecule has 3 aromatic rings. The van der Waals surface area contributed by atoms with Crippen LogP contribution < -0.4 is 25.9 Å². The summed E-state index contributed by atoms with van der Waals surface area (Å²) in [6.07, 6.45) is 0. The van der Waals surface area contributed by atoms with Gasteiger partial charge in [0.2, 0.25) is 5.95 Å². The quantitative estimate of drug-likeness (QED) is 0.565. The number of para-hydroxylation sites is 1. The van der Waals surface area contributed by atoms with Crippen LogP contribution in [0.4, 0.5) is 5.95 Å². The van der Waals surface area contributed by atoms with Crippen molar-refractivity contribution in [2.45, 2.75) is 13.5 Å². The maximum absolute atomic E-state index is 12.7. The number of hydrazine groups is 1. The van der Waals surface area contributed by atoms with Gasteiger partial charge >= 0.3 is 0 Å². The number of methoxy groups -OCH3 is 2. The summed E-state index contributed by atoms with van der Waals surface area (Å²) in [6.45, 7) is 2.22. The van der Waals surface area contributed by atoms with Crippen LogP contribution in [0, 0.1) is 0 Å². The summed E-state index contributed by atoms with van der Waals surface area (Å²) in [5, 5.41) is 0.514. The average Bonchev–Trinajstić information content (AvgIpc) is 2.71. The van der Waals surface area contributed by atoms with Crippen LogP contribution in [-0.4, -0.2) is 29.7 Å². The summed E-state index contributed by atoms with van der Waals surface area (Å²) < 4.78 is 12.5. The zero-order valence-corrected chi connectivity index (χ0v) is 17.2. The van der Waals surface area contributed by atoms with E-state index in [1.165, 1.54) is 18.8 Å². The Bertz CT molecular complexity index is 1100. The third-order valence-electron chi connectivity index (χ3n) is 4.17. The van der Waals surface area contributed by atoms with Crippen LogP contribution in [0.1, 0.15) is 17.3 Å². The van der Waals surface area contributed by atoms with Gasteiger partial charge in [-0.1, -0.05) is 12.1 Å². The molecule has 0 fully saturated rings. The van der Waals surface area contributed by atoms with Gasteiger partial charge in [0.1, 0.15) is 11.5 Å². The Morgan fingerprint density at radius 3 is 2.64 bits per heavy atom. The molecule has 1 aromatic heterocycles. The van der Waals surface area contributed by atoms with Gasteiger partial charge in [-0.3, -0.25) is 25.0 Å². The number of hydrogen-bond acceptors (Lipinski definition) is 6. The van der Waals surface area contributed by atoms with Gasteiger partial charge < -0.3 is 9.47 Å². The van der Waals surface area contributed by atoms with Crippen molar-refractivity contribution in [1.29, 1.82) is 0 Å². The van der Waals surface area contributed by atoms with Crippen LogP contribution in [0.2, 0.25) is 0 Å². The van der Waals surface area contributed by atoms with E-state index in [-0.39, 0.29) is 17.1 Å². The molecule has 146 valence electrons. The van der Waals surface area contributed by atoms with Crippen molar-refractivity contribution in [2.75, 3.05) is 19.6 Å². The second-order valence-electron chi connectivity index (χ2n) is 5.77. The number of aromatic nitrogens is 2. The van der Waals surface area contributed by atoms with Gasteiger partial charge in [0.15, 0.2) is 0 Å². The summed E-state index contributed by atoms with van der Waals surface area (Å²) >= 11 is 3.36. The monoisotopic (exact) mass is 446 g/mol. The van der Waals surface area contributed by atoms with Gasteiger partial charge in [-0.15, -0.1) is 0 Å². The van der Waals surface area contributed by atoms with Crippen LogP contribution in [0.25, 0.3) is 10.9 Å². The maximum atomic E-state index is 12.7. The lowest BCUT2D eigenvalue weighted by atomic mass is 10.2. The molecule has 8 nitrogen and oxygen atoms in total. The number of rotatable bonds is 6. The number of amides is 1. The molecule has 0 aliphatic heterocycles. The fraction of sp³-hybridized carbons (Fsp3) is 0.211. The Labute approximate surface area is 169 Å². The minimum absolute atomic E-state index is 0.188. The fourth-order valence-electron chi connectivity index (χ4n) is 2.80. The predicted molar refractivity (Wildman–Crippen MR) is 110 cm³/mol. The van der Waals surface area contributed by atoms with Crippen LogP contribution in [0.3, 0.4) is 0 Å². The zero-order valence-electron chi connectivity index (χ0n) is 15.6. The number of benzene rings is 2. The number of carbonyl (C=O) groups is 1. The van der Waals surface area contributed by atoms with E-state index in [9.17, 15) is 9.59 Å². The van der Waals surface area contributed by atoms with Crippen molar-refractivity contribution in [2.24, 2.45) is 0 Å². The van der Waals surface area contributed by atoms with Crippen LogP contribution in [-0.2, 0) is 6.54 Å². The topological polar surface area (TPSA) is 94.5 Å². The summed E-state index contributed by atoms with van der Waals surface area (Å²) in [5.74, 6) is 0.619. The maximum Gasteiger partial charge on any atom is 0.273 e. The minimum Gasteiger partial charge on any atom is -0.497 e. The Morgan fingerprint density at radius 1 is 1.21 bits per heavy atom. The first-order valence-electron chi connectivity index (χ1n) is 8.47. The molecule has 0 bridgehead atoms. The number of carbonyl (C=O) groups excluding carboxylic acids is 1. The molecule has 2 aromatic carbocycles. The number of anilines is 1. The van der Waals surface area contributed by atoms with E-state index < -0.39 is 5.91 Å². The molecular formula is C19H19BrN4O4. The third-order valence-corrected chi connectivity index (χ3v) is 4.76. The first kappa shape index (κ1) is 19.7. The fourth-order valence-corrected chi connectivity index (χ4v) is 3.40. The summed E-state index contributed by atoms with van der Waals surface area (Å²) in [7, 11) is 2.98. The standard InChI is InChI=1S/C19H19BrN4O4/c1-4-24-18(26)12-7-5-6-8-15(12)21-19(24)23-22-17(25)13-9-11(27-2)10-14(20)16(13)28-3/h5-10H,4H2,1-3H3,(H,21,23)(H,22,25). The van der Waals surface area contributed by atoms with E-state index in [0.29, 0.717) is 33.4 Å². The van der Waals surface area contributed by atoms with Gasteiger partial charge in [0.05, 0.1) is 35.2 Å². The Hall–Kier alpha value is -3.07. The smallest absolute Gasteiger partial charge is 0.273 e. The number of ether oxygens (including phenoxy) is 2. The molecule has 0 saturated carbocycles. The Kier molecular flexibility index (Phi) is 5.84. The normalized spacial score (nSPS) is 10.6. The highest BCUT2D eigenvalue weighted by Crippen LogP contribution is 2.33. The highest BCUT2D eigenvalue weighted by atomic mass is 79.9. The molecule has 0 radical (unpaired) electrons. The molecule has 0 aliphatic carbocycles. The van der Waals surface area contributed by atoms with Crippen molar-refractivity contribution < 1.29 is 14.3 Å². The van der Waals surface area contributed by atoms with Gasteiger partial charge in [-0.2, -0.15) is 0 Å². The molecular weight excluding hydrogens is 428 g/mol. The van der Waals surface area contributed by atoms with E-state index in [2.05, 4.69) is 31.8 Å². The number of nitrogens with zero attached hydrogens (tertiary/aromatic N) is 2. The van der Waals surface area contributed by atoms with Crippen LogP contribution >= 0.6 is 15.9 Å². The lowest BCUT2D eigenvalue weighted by molar-refractivity contribution is 0.0958. The van der Waals surface area contributed by atoms with E-state index in [1.54, 1.807) is 36.4 Å². The number of fused-ring (bicyclic) bond motifs is 1. The average molecular weight is 447 g/mol. The molecule has 2 N–H and O–H groups in total. The Morgan fingerprint density at radius 2 is 1.96 bits per heavy atom. The van der Waals surface area contributed by atoms with Crippen molar-refractivity contribution in [3.05, 3.63) is 56.8 Å². The van der Waals surface area contributed by atoms with Crippen LogP contribution in [0.15, 0.2) is 45.7 Å². The van der Waals surface area contributed by atoms with E-state index >= 15 is 0 Å². The molecule has 0 atom stereocenters. The number of nitrogens with one attached hydrogen (secondary N) is 2. The van der Waals surface area contributed by atoms with Crippen molar-refractivity contribution in [3.8, 4) is 11.5 Å². The number of halogens is 1. The molecule has 1 amide bonds. The second-order valence-corrected chi connectivity index (χ2v) is 6.63. The predicted octanol–water partition coefficient (Wildman–Crippen LogP) is 2.95.